The van der Waals surface area contributed by atoms with E-state index in [0.717, 1.165) is 38.5 Å². The molecule has 0 unspecified atom stereocenters. The molecule has 0 radical (unpaired) electrons. The van der Waals surface area contributed by atoms with E-state index in [9.17, 15) is 9.90 Å². The molecule has 1 aliphatic rings. The number of anilines is 1. The van der Waals surface area contributed by atoms with Gasteiger partial charge in [0.25, 0.3) is 0 Å². The number of aliphatic hydroxyl groups excluding tert-OH is 1. The van der Waals surface area contributed by atoms with Crippen LogP contribution in [-0.2, 0) is 6.42 Å². The average molecular weight is 283 g/mol. The van der Waals surface area contributed by atoms with Gasteiger partial charge in [-0.3, -0.25) is 5.32 Å². The van der Waals surface area contributed by atoms with Gasteiger partial charge in [0.1, 0.15) is 0 Å². The summed E-state index contributed by atoms with van der Waals surface area (Å²) in [5.41, 5.74) is 0. The van der Waals surface area contributed by atoms with Crippen LogP contribution in [0.25, 0.3) is 0 Å². The molecule has 6 heteroatoms. The number of nitrogens with zero attached hydrogens (tertiary/aromatic N) is 1. The van der Waals surface area contributed by atoms with Crippen LogP contribution in [0.2, 0.25) is 0 Å². The van der Waals surface area contributed by atoms with Crippen LogP contribution in [0, 0.1) is 0 Å². The first-order valence-corrected chi connectivity index (χ1v) is 7.69. The van der Waals surface area contributed by atoms with Crippen molar-refractivity contribution < 1.29 is 9.90 Å². The van der Waals surface area contributed by atoms with Crippen molar-refractivity contribution in [2.24, 2.45) is 0 Å². The molecule has 5 nitrogen and oxygen atoms in total. The van der Waals surface area contributed by atoms with E-state index in [1.54, 1.807) is 0 Å². The molecule has 0 saturated heterocycles. The number of hydrogen-bond donors (Lipinski definition) is 3. The van der Waals surface area contributed by atoms with Crippen LogP contribution in [0.1, 0.15) is 43.9 Å². The van der Waals surface area contributed by atoms with E-state index in [2.05, 4.69) is 22.5 Å². The Labute approximate surface area is 117 Å². The lowest BCUT2D eigenvalue weighted by atomic mass is 9.93. The molecule has 0 atom stereocenters. The number of urea groups is 1. The van der Waals surface area contributed by atoms with Gasteiger partial charge in [-0.2, -0.15) is 0 Å². The van der Waals surface area contributed by atoms with E-state index in [1.165, 1.54) is 16.2 Å². The predicted octanol–water partition coefficient (Wildman–Crippen LogP) is 2.52. The lowest BCUT2D eigenvalue weighted by molar-refractivity contribution is 0.118. The molecular formula is C13H21N3O2S. The minimum absolute atomic E-state index is 0.165. The fraction of sp³-hybridized carbons (Fsp3) is 0.692. The van der Waals surface area contributed by atoms with E-state index in [4.69, 9.17) is 0 Å². The lowest BCUT2D eigenvalue weighted by Crippen LogP contribution is -2.40. The third kappa shape index (κ3) is 4.47. The van der Waals surface area contributed by atoms with Gasteiger partial charge in [-0.1, -0.05) is 13.3 Å². The Balaban J connectivity index is 1.77. The topological polar surface area (TPSA) is 74.2 Å². The number of aryl methyl sites for hydroxylation is 1. The smallest absolute Gasteiger partial charge is 0.321 e. The van der Waals surface area contributed by atoms with Crippen molar-refractivity contribution in [3.05, 3.63) is 11.1 Å². The van der Waals surface area contributed by atoms with Gasteiger partial charge in [-0.25, -0.2) is 9.78 Å². The third-order valence-electron chi connectivity index (χ3n) is 3.30. The molecule has 0 aromatic carbocycles. The third-order valence-corrected chi connectivity index (χ3v) is 4.27. The number of hydrogen-bond acceptors (Lipinski definition) is 4. The molecule has 1 aromatic heterocycles. The van der Waals surface area contributed by atoms with Gasteiger partial charge in [0.15, 0.2) is 5.13 Å². The minimum atomic E-state index is -0.198. The number of carbonyl (C=O) groups is 1. The average Bonchev–Trinajstić information content (AvgIpc) is 2.80. The van der Waals surface area contributed by atoms with Crippen LogP contribution >= 0.6 is 11.3 Å². The van der Waals surface area contributed by atoms with Gasteiger partial charge >= 0.3 is 6.03 Å². The summed E-state index contributed by atoms with van der Waals surface area (Å²) in [7, 11) is 0. The first-order valence-electron chi connectivity index (χ1n) is 6.87. The molecule has 1 heterocycles. The summed E-state index contributed by atoms with van der Waals surface area (Å²) >= 11 is 1.53. The Morgan fingerprint density at radius 2 is 2.21 bits per heavy atom. The molecular weight excluding hydrogens is 262 g/mol. The van der Waals surface area contributed by atoms with E-state index in [1.807, 2.05) is 6.20 Å². The zero-order chi connectivity index (χ0) is 13.7. The van der Waals surface area contributed by atoms with Gasteiger partial charge in [-0.15, -0.1) is 11.3 Å². The minimum Gasteiger partial charge on any atom is -0.393 e. The number of rotatable bonds is 4. The molecule has 0 bridgehead atoms. The van der Waals surface area contributed by atoms with Crippen molar-refractivity contribution in [1.29, 1.82) is 0 Å². The predicted molar refractivity (Wildman–Crippen MR) is 76.5 cm³/mol. The van der Waals surface area contributed by atoms with Crippen molar-refractivity contribution in [3.8, 4) is 0 Å². The fourth-order valence-corrected chi connectivity index (χ4v) is 3.18. The van der Waals surface area contributed by atoms with E-state index in [0.29, 0.717) is 5.13 Å². The molecule has 0 spiro atoms. The number of aliphatic hydroxyl groups is 1. The molecule has 19 heavy (non-hydrogen) atoms. The number of nitrogens with one attached hydrogen (secondary N) is 2. The lowest BCUT2D eigenvalue weighted by Gasteiger charge is -2.25. The Kier molecular flexibility index (Phi) is 5.15. The summed E-state index contributed by atoms with van der Waals surface area (Å²) in [5, 5.41) is 15.8. The number of aromatic nitrogens is 1. The van der Waals surface area contributed by atoms with Gasteiger partial charge < -0.3 is 10.4 Å². The van der Waals surface area contributed by atoms with Crippen LogP contribution in [0.4, 0.5) is 9.93 Å². The van der Waals surface area contributed by atoms with Crippen LogP contribution < -0.4 is 10.6 Å². The molecule has 106 valence electrons. The molecule has 3 N–H and O–H groups in total. The first-order chi connectivity index (χ1) is 9.17. The number of thiazole rings is 1. The molecule has 2 rings (SSSR count). The molecule has 0 aliphatic heterocycles. The van der Waals surface area contributed by atoms with Crippen molar-refractivity contribution in [2.45, 2.75) is 57.6 Å². The van der Waals surface area contributed by atoms with Gasteiger partial charge in [0.05, 0.1) is 6.10 Å². The van der Waals surface area contributed by atoms with Crippen LogP contribution in [0.15, 0.2) is 6.20 Å². The summed E-state index contributed by atoms with van der Waals surface area (Å²) in [6.07, 6.45) is 6.92. The normalized spacial score (nSPS) is 23.1. The van der Waals surface area contributed by atoms with E-state index < -0.39 is 0 Å². The molecule has 1 aliphatic carbocycles. The largest absolute Gasteiger partial charge is 0.393 e. The highest BCUT2D eigenvalue weighted by Gasteiger charge is 2.20. The molecule has 2 amide bonds. The summed E-state index contributed by atoms with van der Waals surface area (Å²) in [4.78, 5) is 17.2. The molecule has 1 fully saturated rings. The highest BCUT2D eigenvalue weighted by atomic mass is 32.1. The monoisotopic (exact) mass is 283 g/mol. The van der Waals surface area contributed by atoms with Gasteiger partial charge in [0, 0.05) is 17.1 Å². The van der Waals surface area contributed by atoms with E-state index >= 15 is 0 Å². The van der Waals surface area contributed by atoms with Crippen molar-refractivity contribution in [2.75, 3.05) is 5.32 Å². The Morgan fingerprint density at radius 3 is 2.89 bits per heavy atom. The summed E-state index contributed by atoms with van der Waals surface area (Å²) < 4.78 is 0. The highest BCUT2D eigenvalue weighted by Crippen LogP contribution is 2.20. The quantitative estimate of drug-likeness (QED) is 0.795. The maximum Gasteiger partial charge on any atom is 0.321 e. The number of amides is 2. The van der Waals surface area contributed by atoms with Crippen molar-refractivity contribution in [3.63, 3.8) is 0 Å². The standard InChI is InChI=1S/C13H21N3O2S/c1-2-3-11-8-14-13(19-11)16-12(18)15-9-4-6-10(17)7-5-9/h8-10,17H,2-7H2,1H3,(H2,14,15,16,18). The fourth-order valence-electron chi connectivity index (χ4n) is 2.27. The Morgan fingerprint density at radius 1 is 1.47 bits per heavy atom. The SMILES string of the molecule is CCCc1cnc(NC(=O)NC2CCC(O)CC2)s1. The van der Waals surface area contributed by atoms with Crippen LogP contribution in [0.5, 0.6) is 0 Å². The van der Waals surface area contributed by atoms with Gasteiger partial charge in [0.2, 0.25) is 0 Å². The first kappa shape index (κ1) is 14.3. The molecule has 1 saturated carbocycles. The maximum atomic E-state index is 11.8. The zero-order valence-electron chi connectivity index (χ0n) is 11.2. The summed E-state index contributed by atoms with van der Waals surface area (Å²) in [6, 6.07) is -0.0303. The summed E-state index contributed by atoms with van der Waals surface area (Å²) in [5.74, 6) is 0. The second-order valence-electron chi connectivity index (χ2n) is 4.99. The van der Waals surface area contributed by atoms with Crippen molar-refractivity contribution in [1.82, 2.24) is 10.3 Å². The van der Waals surface area contributed by atoms with Crippen LogP contribution in [0.3, 0.4) is 0 Å². The number of carbonyl (C=O) groups excluding carboxylic acids is 1. The highest BCUT2D eigenvalue weighted by molar-refractivity contribution is 7.15. The summed E-state index contributed by atoms with van der Waals surface area (Å²) in [6.45, 7) is 2.12. The Bertz CT molecular complexity index is 414. The van der Waals surface area contributed by atoms with Crippen molar-refractivity contribution >= 4 is 22.5 Å². The zero-order valence-corrected chi connectivity index (χ0v) is 12.0. The van der Waals surface area contributed by atoms with Crippen LogP contribution in [-0.4, -0.2) is 28.3 Å². The Hall–Kier alpha value is -1.14. The second-order valence-corrected chi connectivity index (χ2v) is 6.10. The maximum absolute atomic E-state index is 11.8. The molecule has 1 aromatic rings. The van der Waals surface area contributed by atoms with Gasteiger partial charge in [-0.05, 0) is 32.1 Å². The van der Waals surface area contributed by atoms with E-state index in [-0.39, 0.29) is 18.2 Å². The second kappa shape index (κ2) is 6.86.